The van der Waals surface area contributed by atoms with Crippen molar-refractivity contribution >= 4 is 31.9 Å². The standard InChI is InChI=1S/C9H11BrN2O3S/c10-7-3-1-2-4-8(7)16(14,15)12-6-5-9(11)13/h1-4,12H,5-6H2,(H2,11,13). The molecule has 0 bridgehead atoms. The number of carbonyl (C=O) groups excluding carboxylic acids is 1. The van der Waals surface area contributed by atoms with Gasteiger partial charge in [0.2, 0.25) is 15.9 Å². The van der Waals surface area contributed by atoms with Crippen LogP contribution in [0.3, 0.4) is 0 Å². The van der Waals surface area contributed by atoms with Gasteiger partial charge in [-0.2, -0.15) is 0 Å². The second-order valence-electron chi connectivity index (χ2n) is 3.04. The minimum atomic E-state index is -3.59. The molecule has 1 rings (SSSR count). The van der Waals surface area contributed by atoms with Gasteiger partial charge in [0.05, 0.1) is 4.90 Å². The fourth-order valence-corrected chi connectivity index (χ4v) is 3.08. The Kier molecular flexibility index (Phi) is 4.45. The summed E-state index contributed by atoms with van der Waals surface area (Å²) in [6, 6.07) is 6.43. The number of halogens is 1. The van der Waals surface area contributed by atoms with Gasteiger partial charge >= 0.3 is 0 Å². The van der Waals surface area contributed by atoms with Gasteiger partial charge in [-0.15, -0.1) is 0 Å². The molecule has 0 spiro atoms. The van der Waals surface area contributed by atoms with Gasteiger partial charge < -0.3 is 5.73 Å². The van der Waals surface area contributed by atoms with Crippen molar-refractivity contribution in [3.63, 3.8) is 0 Å². The zero-order valence-electron chi connectivity index (χ0n) is 8.31. The lowest BCUT2D eigenvalue weighted by Crippen LogP contribution is -2.28. The van der Waals surface area contributed by atoms with E-state index < -0.39 is 15.9 Å². The summed E-state index contributed by atoms with van der Waals surface area (Å²) < 4.78 is 26.2. The molecular weight excluding hydrogens is 296 g/mol. The maximum atomic E-state index is 11.7. The molecule has 0 saturated carbocycles. The Morgan fingerprint density at radius 3 is 2.56 bits per heavy atom. The summed E-state index contributed by atoms with van der Waals surface area (Å²) in [5.74, 6) is -0.546. The van der Waals surface area contributed by atoms with Crippen LogP contribution in [-0.2, 0) is 14.8 Å². The summed E-state index contributed by atoms with van der Waals surface area (Å²) >= 11 is 3.14. The third kappa shape index (κ3) is 3.58. The number of nitrogens with one attached hydrogen (secondary N) is 1. The fraction of sp³-hybridized carbons (Fsp3) is 0.222. The lowest BCUT2D eigenvalue weighted by molar-refractivity contribution is -0.117. The largest absolute Gasteiger partial charge is 0.370 e. The molecule has 0 aliphatic rings. The monoisotopic (exact) mass is 306 g/mol. The molecule has 0 radical (unpaired) electrons. The van der Waals surface area contributed by atoms with Crippen molar-refractivity contribution in [2.45, 2.75) is 11.3 Å². The van der Waals surface area contributed by atoms with Gasteiger partial charge in [-0.05, 0) is 28.1 Å². The molecular formula is C9H11BrN2O3S. The van der Waals surface area contributed by atoms with Crippen LogP contribution in [-0.4, -0.2) is 20.9 Å². The molecule has 0 aromatic heterocycles. The maximum Gasteiger partial charge on any atom is 0.241 e. The third-order valence-electron chi connectivity index (χ3n) is 1.79. The quantitative estimate of drug-likeness (QED) is 0.835. The average Bonchev–Trinajstić information content (AvgIpc) is 2.17. The molecule has 0 heterocycles. The number of hydrogen-bond acceptors (Lipinski definition) is 3. The Morgan fingerprint density at radius 2 is 2.00 bits per heavy atom. The van der Waals surface area contributed by atoms with Crippen molar-refractivity contribution in [2.75, 3.05) is 6.54 Å². The van der Waals surface area contributed by atoms with E-state index >= 15 is 0 Å². The number of hydrogen-bond donors (Lipinski definition) is 2. The van der Waals surface area contributed by atoms with E-state index in [1.807, 2.05) is 0 Å². The SMILES string of the molecule is NC(=O)CCNS(=O)(=O)c1ccccc1Br. The summed E-state index contributed by atoms with van der Waals surface area (Å²) in [7, 11) is -3.59. The van der Waals surface area contributed by atoms with Crippen LogP contribution < -0.4 is 10.5 Å². The minimum absolute atomic E-state index is 0.000991. The smallest absolute Gasteiger partial charge is 0.241 e. The zero-order valence-corrected chi connectivity index (χ0v) is 10.7. The van der Waals surface area contributed by atoms with E-state index in [-0.39, 0.29) is 17.9 Å². The molecule has 0 atom stereocenters. The molecule has 1 aromatic rings. The average molecular weight is 307 g/mol. The highest BCUT2D eigenvalue weighted by molar-refractivity contribution is 9.10. The van der Waals surface area contributed by atoms with E-state index in [2.05, 4.69) is 20.7 Å². The van der Waals surface area contributed by atoms with Gasteiger partial charge in [0.15, 0.2) is 0 Å². The molecule has 0 aliphatic heterocycles. The summed E-state index contributed by atoms with van der Waals surface area (Å²) in [6.45, 7) is -0.000991. The molecule has 0 fully saturated rings. The first-order chi connectivity index (χ1) is 7.43. The minimum Gasteiger partial charge on any atom is -0.370 e. The molecule has 88 valence electrons. The number of primary amides is 1. The summed E-state index contributed by atoms with van der Waals surface area (Å²) in [6.07, 6.45) is -0.0241. The Hall–Kier alpha value is -0.920. The molecule has 3 N–H and O–H groups in total. The molecule has 1 aromatic carbocycles. The van der Waals surface area contributed by atoms with Crippen molar-refractivity contribution in [3.05, 3.63) is 28.7 Å². The van der Waals surface area contributed by atoms with Crippen molar-refractivity contribution in [1.82, 2.24) is 4.72 Å². The van der Waals surface area contributed by atoms with Gasteiger partial charge in [0, 0.05) is 17.4 Å². The van der Waals surface area contributed by atoms with Crippen LogP contribution in [0.15, 0.2) is 33.6 Å². The van der Waals surface area contributed by atoms with Crippen LogP contribution >= 0.6 is 15.9 Å². The highest BCUT2D eigenvalue weighted by Gasteiger charge is 2.16. The van der Waals surface area contributed by atoms with Crippen LogP contribution in [0.1, 0.15) is 6.42 Å². The Labute approximate surface area is 102 Å². The number of benzene rings is 1. The predicted molar refractivity (Wildman–Crippen MR) is 63.1 cm³/mol. The first-order valence-corrected chi connectivity index (χ1v) is 6.73. The second-order valence-corrected chi connectivity index (χ2v) is 5.63. The third-order valence-corrected chi connectivity index (χ3v) is 4.26. The van der Waals surface area contributed by atoms with Gasteiger partial charge in [0.25, 0.3) is 0 Å². The van der Waals surface area contributed by atoms with Crippen molar-refractivity contribution in [2.24, 2.45) is 5.73 Å². The predicted octanol–water partition coefficient (Wildman–Crippen LogP) is 0.603. The van der Waals surface area contributed by atoms with Gasteiger partial charge in [0.1, 0.15) is 0 Å². The Bertz CT molecular complexity index is 487. The van der Waals surface area contributed by atoms with E-state index in [1.165, 1.54) is 6.07 Å². The van der Waals surface area contributed by atoms with E-state index in [9.17, 15) is 13.2 Å². The topological polar surface area (TPSA) is 89.3 Å². The molecule has 7 heteroatoms. The van der Waals surface area contributed by atoms with E-state index in [0.29, 0.717) is 4.47 Å². The lowest BCUT2D eigenvalue weighted by atomic mass is 10.4. The normalized spacial score (nSPS) is 11.3. The molecule has 16 heavy (non-hydrogen) atoms. The van der Waals surface area contributed by atoms with Crippen LogP contribution in [0, 0.1) is 0 Å². The summed E-state index contributed by atoms with van der Waals surface area (Å²) in [5, 5.41) is 0. The number of rotatable bonds is 5. The van der Waals surface area contributed by atoms with E-state index in [1.54, 1.807) is 18.2 Å². The summed E-state index contributed by atoms with van der Waals surface area (Å²) in [5.41, 5.74) is 4.91. The first kappa shape index (κ1) is 13.1. The lowest BCUT2D eigenvalue weighted by Gasteiger charge is -2.07. The highest BCUT2D eigenvalue weighted by atomic mass is 79.9. The molecule has 0 saturated heterocycles. The van der Waals surface area contributed by atoms with Crippen LogP contribution in [0.25, 0.3) is 0 Å². The number of amides is 1. The summed E-state index contributed by atoms with van der Waals surface area (Å²) in [4.78, 5) is 10.6. The maximum absolute atomic E-state index is 11.7. The van der Waals surface area contributed by atoms with Crippen LogP contribution in [0.2, 0.25) is 0 Å². The van der Waals surface area contributed by atoms with Crippen molar-refractivity contribution in [3.8, 4) is 0 Å². The molecule has 0 unspecified atom stereocenters. The van der Waals surface area contributed by atoms with Gasteiger partial charge in [-0.25, -0.2) is 13.1 Å². The van der Waals surface area contributed by atoms with Crippen molar-refractivity contribution < 1.29 is 13.2 Å². The molecule has 5 nitrogen and oxygen atoms in total. The van der Waals surface area contributed by atoms with E-state index in [4.69, 9.17) is 5.73 Å². The number of nitrogens with two attached hydrogens (primary N) is 1. The van der Waals surface area contributed by atoms with Crippen LogP contribution in [0.5, 0.6) is 0 Å². The zero-order chi connectivity index (χ0) is 12.2. The Balaban J connectivity index is 2.79. The van der Waals surface area contributed by atoms with Crippen LogP contribution in [0.4, 0.5) is 0 Å². The molecule has 1 amide bonds. The van der Waals surface area contributed by atoms with Gasteiger partial charge in [-0.1, -0.05) is 12.1 Å². The second kappa shape index (κ2) is 5.42. The highest BCUT2D eigenvalue weighted by Crippen LogP contribution is 2.20. The molecule has 0 aliphatic carbocycles. The first-order valence-electron chi connectivity index (χ1n) is 4.46. The van der Waals surface area contributed by atoms with Gasteiger partial charge in [-0.3, -0.25) is 4.79 Å². The fourth-order valence-electron chi connectivity index (χ4n) is 1.05. The Morgan fingerprint density at radius 1 is 1.38 bits per heavy atom. The number of carbonyl (C=O) groups is 1. The van der Waals surface area contributed by atoms with E-state index in [0.717, 1.165) is 0 Å². The van der Waals surface area contributed by atoms with Crippen molar-refractivity contribution in [1.29, 1.82) is 0 Å². The number of sulfonamides is 1.